The largest absolute Gasteiger partial charge is 0.465 e. The lowest BCUT2D eigenvalue weighted by Gasteiger charge is -2.15. The summed E-state index contributed by atoms with van der Waals surface area (Å²) in [5.74, 6) is -0.175. The third-order valence-electron chi connectivity index (χ3n) is 3.62. The van der Waals surface area contributed by atoms with E-state index in [2.05, 4.69) is 15.9 Å². The molecule has 1 fully saturated rings. The number of hydrogen-bond donors (Lipinski definition) is 0. The molecule has 0 heterocycles. The minimum Gasteiger partial charge on any atom is -0.465 e. The fourth-order valence-corrected chi connectivity index (χ4v) is 4.27. The molecule has 0 N–H and O–H groups in total. The summed E-state index contributed by atoms with van der Waals surface area (Å²) < 4.78 is 29.4. The number of sulfone groups is 1. The van der Waals surface area contributed by atoms with Crippen LogP contribution in [-0.2, 0) is 24.8 Å². The molecule has 0 amide bonds. The van der Waals surface area contributed by atoms with Crippen LogP contribution in [0.2, 0.25) is 0 Å². The smallest absolute Gasteiger partial charge is 0.316 e. The number of esters is 1. The molecular weight excluding hydrogens is 344 g/mol. The van der Waals surface area contributed by atoms with Gasteiger partial charge in [-0.15, -0.1) is 0 Å². The number of carbonyl (C=O) groups is 1. The lowest BCUT2D eigenvalue weighted by Crippen LogP contribution is -2.23. The minimum absolute atomic E-state index is 0.0496. The van der Waals surface area contributed by atoms with Gasteiger partial charge in [0.1, 0.15) is 0 Å². The van der Waals surface area contributed by atoms with Crippen LogP contribution in [0.25, 0.3) is 0 Å². The van der Waals surface area contributed by atoms with Crippen LogP contribution in [0.1, 0.15) is 32.3 Å². The molecule has 2 rings (SSSR count). The van der Waals surface area contributed by atoms with Crippen LogP contribution < -0.4 is 0 Å². The molecule has 6 heteroatoms. The first-order chi connectivity index (χ1) is 9.37. The topological polar surface area (TPSA) is 60.4 Å². The van der Waals surface area contributed by atoms with Crippen LogP contribution in [-0.4, -0.2) is 26.7 Å². The maximum Gasteiger partial charge on any atom is 0.316 e. The molecular formula is C14H17BrO4S. The van der Waals surface area contributed by atoms with Gasteiger partial charge in [0, 0.05) is 4.47 Å². The standard InChI is InChI=1S/C14H17BrO4S/c1-3-19-13(16)14(7-8-14)10-5-6-12(11(15)9-10)20(17,18)4-2/h5-6,9H,3-4,7-8H2,1-2H3. The van der Waals surface area contributed by atoms with E-state index >= 15 is 0 Å². The molecule has 20 heavy (non-hydrogen) atoms. The van der Waals surface area contributed by atoms with E-state index in [0.29, 0.717) is 11.1 Å². The maximum atomic E-state index is 12.0. The van der Waals surface area contributed by atoms with Gasteiger partial charge in [-0.05, 0) is 53.4 Å². The number of carbonyl (C=O) groups excluding carboxylic acids is 1. The molecule has 4 nitrogen and oxygen atoms in total. The molecule has 0 aliphatic heterocycles. The Kier molecular flexibility index (Phi) is 4.25. The van der Waals surface area contributed by atoms with E-state index in [1.165, 1.54) is 0 Å². The van der Waals surface area contributed by atoms with Crippen LogP contribution in [0.5, 0.6) is 0 Å². The zero-order valence-electron chi connectivity index (χ0n) is 11.5. The normalized spacial score (nSPS) is 16.8. The van der Waals surface area contributed by atoms with Crippen molar-refractivity contribution in [3.8, 4) is 0 Å². The van der Waals surface area contributed by atoms with Crippen LogP contribution in [0.4, 0.5) is 0 Å². The van der Waals surface area contributed by atoms with Crippen molar-refractivity contribution in [2.75, 3.05) is 12.4 Å². The highest BCUT2D eigenvalue weighted by molar-refractivity contribution is 9.10. The summed E-state index contributed by atoms with van der Waals surface area (Å²) in [5, 5.41) is 0. The number of halogens is 1. The van der Waals surface area contributed by atoms with Gasteiger partial charge in [0.2, 0.25) is 0 Å². The molecule has 1 saturated carbocycles. The maximum absolute atomic E-state index is 12.0. The van der Waals surface area contributed by atoms with Gasteiger partial charge < -0.3 is 4.74 Å². The van der Waals surface area contributed by atoms with E-state index in [1.807, 2.05) is 0 Å². The predicted molar refractivity (Wildman–Crippen MR) is 79.4 cm³/mol. The highest BCUT2D eigenvalue weighted by Crippen LogP contribution is 2.50. The van der Waals surface area contributed by atoms with E-state index in [9.17, 15) is 13.2 Å². The van der Waals surface area contributed by atoms with Gasteiger partial charge >= 0.3 is 5.97 Å². The van der Waals surface area contributed by atoms with Gasteiger partial charge in [-0.25, -0.2) is 8.42 Å². The molecule has 0 saturated heterocycles. The second kappa shape index (κ2) is 5.48. The molecule has 1 aromatic carbocycles. The van der Waals surface area contributed by atoms with Crippen molar-refractivity contribution in [2.24, 2.45) is 0 Å². The second-order valence-corrected chi connectivity index (χ2v) is 7.95. The second-order valence-electron chi connectivity index (χ2n) is 4.85. The molecule has 0 spiro atoms. The molecule has 0 radical (unpaired) electrons. The Morgan fingerprint density at radius 2 is 2.00 bits per heavy atom. The minimum atomic E-state index is -3.26. The van der Waals surface area contributed by atoms with E-state index in [1.54, 1.807) is 32.0 Å². The third-order valence-corrected chi connectivity index (χ3v) is 6.32. The van der Waals surface area contributed by atoms with E-state index in [-0.39, 0.29) is 16.6 Å². The number of benzene rings is 1. The summed E-state index contributed by atoms with van der Waals surface area (Å²) in [6.45, 7) is 3.74. The predicted octanol–water partition coefficient (Wildman–Crippen LogP) is 2.84. The Hall–Kier alpha value is -0.880. The van der Waals surface area contributed by atoms with Crippen molar-refractivity contribution in [3.63, 3.8) is 0 Å². The first-order valence-corrected chi connectivity index (χ1v) is 9.02. The average molecular weight is 361 g/mol. The number of rotatable bonds is 5. The molecule has 0 atom stereocenters. The zero-order valence-corrected chi connectivity index (χ0v) is 13.9. The van der Waals surface area contributed by atoms with Gasteiger partial charge in [0.25, 0.3) is 0 Å². The molecule has 1 aliphatic rings. The van der Waals surface area contributed by atoms with Crippen molar-refractivity contribution < 1.29 is 17.9 Å². The van der Waals surface area contributed by atoms with Gasteiger partial charge in [-0.2, -0.15) is 0 Å². The Balaban J connectivity index is 2.38. The highest BCUT2D eigenvalue weighted by Gasteiger charge is 2.52. The third kappa shape index (κ3) is 2.63. The quantitative estimate of drug-likeness (QED) is 0.757. The fraction of sp³-hybridized carbons (Fsp3) is 0.500. The lowest BCUT2D eigenvalue weighted by atomic mass is 9.96. The van der Waals surface area contributed by atoms with Gasteiger partial charge in [-0.1, -0.05) is 13.0 Å². The number of ether oxygens (including phenoxy) is 1. The lowest BCUT2D eigenvalue weighted by molar-refractivity contribution is -0.146. The molecule has 110 valence electrons. The molecule has 0 aromatic heterocycles. The summed E-state index contributed by atoms with van der Waals surface area (Å²) in [7, 11) is -3.26. The van der Waals surface area contributed by atoms with Gasteiger partial charge in [0.15, 0.2) is 9.84 Å². The van der Waals surface area contributed by atoms with Crippen molar-refractivity contribution in [1.29, 1.82) is 0 Å². The van der Waals surface area contributed by atoms with Crippen LogP contribution in [0, 0.1) is 0 Å². The SMILES string of the molecule is CCOC(=O)C1(c2ccc(S(=O)(=O)CC)c(Br)c2)CC1. The fourth-order valence-electron chi connectivity index (χ4n) is 2.21. The number of hydrogen-bond acceptors (Lipinski definition) is 4. The summed E-state index contributed by atoms with van der Waals surface area (Å²) in [5.41, 5.74) is 0.241. The first kappa shape index (κ1) is 15.5. The highest BCUT2D eigenvalue weighted by atomic mass is 79.9. The van der Waals surface area contributed by atoms with Gasteiger partial charge in [-0.3, -0.25) is 4.79 Å². The summed E-state index contributed by atoms with van der Waals surface area (Å²) >= 11 is 3.30. The molecule has 0 bridgehead atoms. The van der Waals surface area contributed by atoms with Crippen LogP contribution in [0.3, 0.4) is 0 Å². The molecule has 1 aliphatic carbocycles. The Bertz CT molecular complexity index is 633. The van der Waals surface area contributed by atoms with Crippen LogP contribution in [0.15, 0.2) is 27.6 Å². The molecule has 1 aromatic rings. The van der Waals surface area contributed by atoms with E-state index in [0.717, 1.165) is 18.4 Å². The first-order valence-electron chi connectivity index (χ1n) is 6.57. The Morgan fingerprint density at radius 3 is 2.45 bits per heavy atom. The summed E-state index contributed by atoms with van der Waals surface area (Å²) in [4.78, 5) is 12.3. The summed E-state index contributed by atoms with van der Waals surface area (Å²) in [6.07, 6.45) is 1.50. The van der Waals surface area contributed by atoms with E-state index in [4.69, 9.17) is 4.74 Å². The Labute approximate surface area is 127 Å². The zero-order chi connectivity index (χ0) is 15.0. The monoisotopic (exact) mass is 360 g/mol. The van der Waals surface area contributed by atoms with Gasteiger partial charge in [0.05, 0.1) is 22.7 Å². The van der Waals surface area contributed by atoms with Crippen LogP contribution >= 0.6 is 15.9 Å². The Morgan fingerprint density at radius 1 is 1.35 bits per heavy atom. The average Bonchev–Trinajstić information content (AvgIpc) is 3.20. The summed E-state index contributed by atoms with van der Waals surface area (Å²) in [6, 6.07) is 5.02. The van der Waals surface area contributed by atoms with Crippen molar-refractivity contribution in [1.82, 2.24) is 0 Å². The molecule has 0 unspecified atom stereocenters. The van der Waals surface area contributed by atoms with E-state index < -0.39 is 15.3 Å². The van der Waals surface area contributed by atoms with Crippen molar-refractivity contribution >= 4 is 31.7 Å². The van der Waals surface area contributed by atoms with Crippen molar-refractivity contribution in [2.45, 2.75) is 37.0 Å². The van der Waals surface area contributed by atoms with Crippen molar-refractivity contribution in [3.05, 3.63) is 28.2 Å².